The Hall–Kier alpha value is -1.33. The fourth-order valence-electron chi connectivity index (χ4n) is 2.26. The molecule has 0 bridgehead atoms. The Morgan fingerprint density at radius 2 is 2.20 bits per heavy atom. The van der Waals surface area contributed by atoms with Crippen molar-refractivity contribution in [2.24, 2.45) is 0 Å². The third-order valence-electron chi connectivity index (χ3n) is 3.10. The molecule has 6 heteroatoms. The molecule has 0 fully saturated rings. The fourth-order valence-corrected chi connectivity index (χ4v) is 2.78. The molecule has 0 unspecified atom stereocenters. The summed E-state index contributed by atoms with van der Waals surface area (Å²) in [6.45, 7) is 2.53. The van der Waals surface area contributed by atoms with Gasteiger partial charge < -0.3 is 9.09 Å². The van der Waals surface area contributed by atoms with Gasteiger partial charge in [-0.15, -0.1) is 11.6 Å². The SMILES string of the molecule is Cc1cc(Cn2c(CCCl)nc3cc(Br)ccc32)no1. The first-order valence-electron chi connectivity index (χ1n) is 6.30. The molecular formula is C14H13BrClN3O. The minimum atomic E-state index is 0.544. The number of rotatable bonds is 4. The zero-order valence-corrected chi connectivity index (χ0v) is 13.3. The maximum atomic E-state index is 5.88. The molecule has 1 aromatic carbocycles. The van der Waals surface area contributed by atoms with E-state index >= 15 is 0 Å². The van der Waals surface area contributed by atoms with Gasteiger partial charge in [0.15, 0.2) is 0 Å². The van der Waals surface area contributed by atoms with Gasteiger partial charge in [0.25, 0.3) is 0 Å². The minimum absolute atomic E-state index is 0.544. The second-order valence-electron chi connectivity index (χ2n) is 4.62. The van der Waals surface area contributed by atoms with E-state index in [1.54, 1.807) is 0 Å². The highest BCUT2D eigenvalue weighted by Gasteiger charge is 2.12. The predicted molar refractivity (Wildman–Crippen MR) is 82.2 cm³/mol. The summed E-state index contributed by atoms with van der Waals surface area (Å²) in [6, 6.07) is 8.02. The summed E-state index contributed by atoms with van der Waals surface area (Å²) >= 11 is 9.35. The van der Waals surface area contributed by atoms with Crippen LogP contribution < -0.4 is 0 Å². The van der Waals surface area contributed by atoms with E-state index in [1.807, 2.05) is 25.1 Å². The Kier molecular flexibility index (Phi) is 3.81. The van der Waals surface area contributed by atoms with E-state index in [-0.39, 0.29) is 0 Å². The standard InChI is InChI=1S/C14H13BrClN3O/c1-9-6-11(18-20-9)8-19-13-3-2-10(15)7-12(13)17-14(19)4-5-16/h2-3,6-7H,4-5,8H2,1H3. The summed E-state index contributed by atoms with van der Waals surface area (Å²) in [6.07, 6.45) is 0.727. The molecular weight excluding hydrogens is 342 g/mol. The number of hydrogen-bond donors (Lipinski definition) is 0. The summed E-state index contributed by atoms with van der Waals surface area (Å²) in [5, 5.41) is 4.05. The third-order valence-corrected chi connectivity index (χ3v) is 3.79. The van der Waals surface area contributed by atoms with Gasteiger partial charge in [0.05, 0.1) is 17.6 Å². The second kappa shape index (κ2) is 5.58. The summed E-state index contributed by atoms with van der Waals surface area (Å²) in [4.78, 5) is 4.66. The molecule has 0 radical (unpaired) electrons. The van der Waals surface area contributed by atoms with Crippen molar-refractivity contribution in [3.8, 4) is 0 Å². The first-order valence-corrected chi connectivity index (χ1v) is 7.63. The number of aryl methyl sites for hydroxylation is 2. The molecule has 3 aromatic rings. The maximum Gasteiger partial charge on any atom is 0.133 e. The van der Waals surface area contributed by atoms with Crippen LogP contribution in [0.1, 0.15) is 17.3 Å². The molecule has 20 heavy (non-hydrogen) atoms. The molecule has 104 valence electrons. The molecule has 0 spiro atoms. The van der Waals surface area contributed by atoms with Crippen molar-refractivity contribution in [1.82, 2.24) is 14.7 Å². The van der Waals surface area contributed by atoms with Crippen LogP contribution in [0.15, 0.2) is 33.3 Å². The van der Waals surface area contributed by atoms with E-state index < -0.39 is 0 Å². The molecule has 4 nitrogen and oxygen atoms in total. The van der Waals surface area contributed by atoms with Crippen molar-refractivity contribution in [2.75, 3.05) is 5.88 Å². The van der Waals surface area contributed by atoms with E-state index in [0.29, 0.717) is 12.4 Å². The predicted octanol–water partition coefficient (Wildman–Crippen LogP) is 3.92. The Bertz CT molecular complexity index is 750. The van der Waals surface area contributed by atoms with E-state index in [2.05, 4.69) is 36.7 Å². The molecule has 0 aliphatic carbocycles. The first-order chi connectivity index (χ1) is 9.67. The number of halogens is 2. The van der Waals surface area contributed by atoms with Crippen molar-refractivity contribution < 1.29 is 4.52 Å². The summed E-state index contributed by atoms with van der Waals surface area (Å²) < 4.78 is 8.29. The van der Waals surface area contributed by atoms with Gasteiger partial charge in [0, 0.05) is 22.8 Å². The van der Waals surface area contributed by atoms with Crippen molar-refractivity contribution in [2.45, 2.75) is 19.9 Å². The van der Waals surface area contributed by atoms with Crippen LogP contribution in [-0.2, 0) is 13.0 Å². The molecule has 2 heterocycles. The number of alkyl halides is 1. The topological polar surface area (TPSA) is 43.9 Å². The van der Waals surface area contributed by atoms with Crippen LogP contribution in [0.5, 0.6) is 0 Å². The smallest absolute Gasteiger partial charge is 0.133 e. The highest BCUT2D eigenvalue weighted by molar-refractivity contribution is 9.10. The lowest BCUT2D eigenvalue weighted by Gasteiger charge is -2.05. The largest absolute Gasteiger partial charge is 0.361 e. The summed E-state index contributed by atoms with van der Waals surface area (Å²) in [5.74, 6) is 2.32. The number of aromatic nitrogens is 3. The highest BCUT2D eigenvalue weighted by atomic mass is 79.9. The van der Waals surface area contributed by atoms with Crippen LogP contribution in [0, 0.1) is 6.92 Å². The zero-order chi connectivity index (χ0) is 14.1. The van der Waals surface area contributed by atoms with Crippen LogP contribution in [0.25, 0.3) is 11.0 Å². The van der Waals surface area contributed by atoms with Gasteiger partial charge in [-0.1, -0.05) is 21.1 Å². The third kappa shape index (κ3) is 2.60. The molecule has 0 N–H and O–H groups in total. The van der Waals surface area contributed by atoms with Gasteiger partial charge in [-0.2, -0.15) is 0 Å². The van der Waals surface area contributed by atoms with E-state index in [4.69, 9.17) is 16.1 Å². The van der Waals surface area contributed by atoms with Gasteiger partial charge in [-0.05, 0) is 25.1 Å². The molecule has 0 aliphatic rings. The molecule has 0 saturated heterocycles. The van der Waals surface area contributed by atoms with Crippen molar-refractivity contribution in [3.05, 3.63) is 46.0 Å². The van der Waals surface area contributed by atoms with Crippen LogP contribution in [0.4, 0.5) is 0 Å². The van der Waals surface area contributed by atoms with Gasteiger partial charge in [-0.25, -0.2) is 4.98 Å². The van der Waals surface area contributed by atoms with E-state index in [9.17, 15) is 0 Å². The Balaban J connectivity index is 2.08. The Labute approximate surface area is 129 Å². The average Bonchev–Trinajstić information content (AvgIpc) is 2.95. The Morgan fingerprint density at radius 3 is 2.90 bits per heavy atom. The number of fused-ring (bicyclic) bond motifs is 1. The lowest BCUT2D eigenvalue weighted by molar-refractivity contribution is 0.389. The van der Waals surface area contributed by atoms with Gasteiger partial charge >= 0.3 is 0 Å². The van der Waals surface area contributed by atoms with Crippen molar-refractivity contribution >= 4 is 38.6 Å². The Morgan fingerprint density at radius 1 is 1.35 bits per heavy atom. The maximum absolute atomic E-state index is 5.88. The lowest BCUT2D eigenvalue weighted by Crippen LogP contribution is -2.06. The zero-order valence-electron chi connectivity index (χ0n) is 10.9. The molecule has 0 atom stereocenters. The van der Waals surface area contributed by atoms with Gasteiger partial charge in [-0.3, -0.25) is 0 Å². The van der Waals surface area contributed by atoms with Gasteiger partial charge in [0.1, 0.15) is 17.3 Å². The number of imidazole rings is 1. The number of nitrogens with zero attached hydrogens (tertiary/aromatic N) is 3. The molecule has 0 aliphatic heterocycles. The van der Waals surface area contributed by atoms with Gasteiger partial charge in [0.2, 0.25) is 0 Å². The van der Waals surface area contributed by atoms with Crippen molar-refractivity contribution in [3.63, 3.8) is 0 Å². The molecule has 0 saturated carbocycles. The first kappa shape index (κ1) is 13.6. The molecule has 0 amide bonds. The van der Waals surface area contributed by atoms with E-state index in [1.165, 1.54) is 0 Å². The monoisotopic (exact) mass is 353 g/mol. The average molecular weight is 355 g/mol. The quantitative estimate of drug-likeness (QED) is 0.667. The summed E-state index contributed by atoms with van der Waals surface area (Å²) in [5.41, 5.74) is 2.93. The highest BCUT2D eigenvalue weighted by Crippen LogP contribution is 2.22. The fraction of sp³-hybridized carbons (Fsp3) is 0.286. The minimum Gasteiger partial charge on any atom is -0.361 e. The van der Waals surface area contributed by atoms with E-state index in [0.717, 1.165) is 39.2 Å². The molecule has 2 aromatic heterocycles. The normalized spacial score (nSPS) is 11.3. The summed E-state index contributed by atoms with van der Waals surface area (Å²) in [7, 11) is 0. The number of hydrogen-bond acceptors (Lipinski definition) is 3. The lowest BCUT2D eigenvalue weighted by atomic mass is 10.3. The number of benzene rings is 1. The molecule has 3 rings (SSSR count). The van der Waals surface area contributed by atoms with Crippen LogP contribution in [0.2, 0.25) is 0 Å². The van der Waals surface area contributed by atoms with Crippen LogP contribution >= 0.6 is 27.5 Å². The van der Waals surface area contributed by atoms with Crippen LogP contribution in [-0.4, -0.2) is 20.6 Å². The van der Waals surface area contributed by atoms with Crippen molar-refractivity contribution in [1.29, 1.82) is 0 Å². The van der Waals surface area contributed by atoms with Crippen LogP contribution in [0.3, 0.4) is 0 Å². The second-order valence-corrected chi connectivity index (χ2v) is 5.91.